The number of nitro benzene ring substituents is 1. The first kappa shape index (κ1) is 41.7. The summed E-state index contributed by atoms with van der Waals surface area (Å²) < 4.78 is 20.2. The maximum atomic E-state index is 15.4. The molecule has 5 aromatic carbocycles. The summed E-state index contributed by atoms with van der Waals surface area (Å²) in [6, 6.07) is 37.2. The summed E-state index contributed by atoms with van der Waals surface area (Å²) in [6.45, 7) is 7.00. The topological polar surface area (TPSA) is 162 Å². The molecule has 1 aromatic heterocycles. The van der Waals surface area contributed by atoms with E-state index in [1.807, 2.05) is 97.2 Å². The predicted octanol–water partition coefficient (Wildman–Crippen LogP) is 7.23. The van der Waals surface area contributed by atoms with Gasteiger partial charge in [-0.3, -0.25) is 29.3 Å². The van der Waals surface area contributed by atoms with Gasteiger partial charge in [0.25, 0.3) is 17.5 Å². The van der Waals surface area contributed by atoms with Crippen molar-refractivity contribution in [3.63, 3.8) is 0 Å². The van der Waals surface area contributed by atoms with Crippen molar-refractivity contribution in [2.75, 3.05) is 30.1 Å². The van der Waals surface area contributed by atoms with E-state index in [0.717, 1.165) is 22.1 Å². The largest absolute Gasteiger partial charge is 0.497 e. The lowest BCUT2D eigenvalue weighted by Gasteiger charge is -2.37. The molecule has 0 bridgehead atoms. The average molecular weight is 865 g/mol. The van der Waals surface area contributed by atoms with Crippen LogP contribution in [0.2, 0.25) is 18.6 Å². The average Bonchev–Trinajstić information content (AvgIpc) is 3.96. The molecule has 3 aliphatic heterocycles. The van der Waals surface area contributed by atoms with Gasteiger partial charge in [0.1, 0.15) is 11.5 Å². The third-order valence-electron chi connectivity index (χ3n) is 13.2. The van der Waals surface area contributed by atoms with Crippen LogP contribution >= 0.6 is 0 Å². The lowest BCUT2D eigenvalue weighted by Crippen LogP contribution is -2.51. The minimum absolute atomic E-state index is 0.0807. The van der Waals surface area contributed by atoms with Crippen LogP contribution in [0.1, 0.15) is 41.6 Å². The first-order valence-electron chi connectivity index (χ1n) is 21.1. The van der Waals surface area contributed by atoms with Crippen LogP contribution in [0.3, 0.4) is 0 Å². The molecule has 1 saturated heterocycles. The second kappa shape index (κ2) is 16.5. The van der Waals surface area contributed by atoms with Crippen molar-refractivity contribution in [2.24, 2.45) is 5.92 Å². The van der Waals surface area contributed by atoms with Gasteiger partial charge in [0.2, 0.25) is 0 Å². The molecule has 0 aliphatic carbocycles. The van der Waals surface area contributed by atoms with Gasteiger partial charge >= 0.3 is 0 Å². The number of nitro groups is 1. The van der Waals surface area contributed by atoms with E-state index in [1.54, 1.807) is 27.7 Å². The molecule has 5 atom stereocenters. The van der Waals surface area contributed by atoms with Crippen LogP contribution in [0, 0.1) is 16.0 Å². The number of ether oxygens (including phenoxy) is 3. The Kier molecular flexibility index (Phi) is 10.9. The maximum absolute atomic E-state index is 15.4. The number of aliphatic hydroxyl groups is 1. The molecule has 1 N–H and O–H groups in total. The Morgan fingerprint density at radius 3 is 2.40 bits per heavy atom. The Balaban J connectivity index is 1.07. The third kappa shape index (κ3) is 7.25. The van der Waals surface area contributed by atoms with E-state index in [2.05, 4.69) is 42.5 Å². The Labute approximate surface area is 365 Å². The van der Waals surface area contributed by atoms with E-state index < -0.39 is 30.6 Å². The number of para-hydroxylation sites is 2. The number of carbonyl (C=O) groups is 2. The van der Waals surface area contributed by atoms with Gasteiger partial charge in [-0.25, -0.2) is 0 Å². The molecule has 1 unspecified atom stereocenters. The normalized spacial score (nSPS) is 21.0. The molecule has 3 aliphatic rings. The summed E-state index contributed by atoms with van der Waals surface area (Å²) in [7, 11) is -0.909. The van der Waals surface area contributed by atoms with Gasteiger partial charge in [-0.15, -0.1) is 5.10 Å². The molecular formula is C48H48N6O8Si. The molecule has 14 nitrogen and oxygen atoms in total. The molecule has 63 heavy (non-hydrogen) atoms. The van der Waals surface area contributed by atoms with Crippen LogP contribution in [0.4, 0.5) is 22.7 Å². The number of hydrogen-bond donors (Lipinski definition) is 1. The summed E-state index contributed by atoms with van der Waals surface area (Å²) in [4.78, 5) is 43.7. The number of non-ortho nitro benzene ring substituents is 1. The fraction of sp³-hybridized carbons (Fsp3) is 0.292. The number of methoxy groups -OCH3 is 1. The molecule has 1 fully saturated rings. The van der Waals surface area contributed by atoms with E-state index in [-0.39, 0.29) is 48.7 Å². The Morgan fingerprint density at radius 1 is 0.952 bits per heavy atom. The highest BCUT2D eigenvalue weighted by Gasteiger charge is 2.66. The van der Waals surface area contributed by atoms with Crippen LogP contribution in [0.15, 0.2) is 128 Å². The fourth-order valence-electron chi connectivity index (χ4n) is 10.1. The second-order valence-corrected chi connectivity index (χ2v) is 21.7. The lowest BCUT2D eigenvalue weighted by atomic mass is 9.82. The molecular weight excluding hydrogens is 817 g/mol. The van der Waals surface area contributed by atoms with Crippen molar-refractivity contribution < 1.29 is 33.8 Å². The quantitative estimate of drug-likeness (QED) is 0.0713. The summed E-state index contributed by atoms with van der Waals surface area (Å²) in [5.74, 6) is 0.132. The van der Waals surface area contributed by atoms with Gasteiger partial charge in [0.05, 0.1) is 62.3 Å². The zero-order chi connectivity index (χ0) is 44.0. The van der Waals surface area contributed by atoms with Crippen LogP contribution in [0.25, 0.3) is 0 Å². The number of carbonyl (C=O) groups excluding carboxylic acids is 2. The van der Waals surface area contributed by atoms with Crippen molar-refractivity contribution in [1.29, 1.82) is 0 Å². The smallest absolute Gasteiger partial charge is 0.269 e. The minimum Gasteiger partial charge on any atom is -0.497 e. The monoisotopic (exact) mass is 864 g/mol. The van der Waals surface area contributed by atoms with E-state index >= 15 is 4.79 Å². The van der Waals surface area contributed by atoms with Crippen molar-refractivity contribution in [1.82, 2.24) is 15.0 Å². The van der Waals surface area contributed by atoms with Gasteiger partial charge in [0, 0.05) is 42.0 Å². The summed E-state index contributed by atoms with van der Waals surface area (Å²) in [6.07, 6.45) is 1.87. The van der Waals surface area contributed by atoms with E-state index in [0.29, 0.717) is 47.0 Å². The van der Waals surface area contributed by atoms with Crippen LogP contribution in [0.5, 0.6) is 11.5 Å². The number of aliphatic hydroxyl groups excluding tert-OH is 1. The lowest BCUT2D eigenvalue weighted by molar-refractivity contribution is -0.385. The van der Waals surface area contributed by atoms with Crippen LogP contribution < -0.4 is 24.5 Å². The van der Waals surface area contributed by atoms with Gasteiger partial charge in [0.15, 0.2) is 12.2 Å². The number of benzene rings is 5. The molecule has 1 spiro atoms. The predicted molar refractivity (Wildman–Crippen MR) is 239 cm³/mol. The highest BCUT2D eigenvalue weighted by Crippen LogP contribution is 2.60. The van der Waals surface area contributed by atoms with Crippen molar-refractivity contribution >= 4 is 47.8 Å². The first-order chi connectivity index (χ1) is 30.4. The Bertz CT molecular complexity index is 2680. The number of anilines is 3. The number of aryl methyl sites for hydroxylation is 1. The zero-order valence-electron chi connectivity index (χ0n) is 35.5. The molecule has 9 rings (SSSR count). The van der Waals surface area contributed by atoms with Crippen LogP contribution in [-0.2, 0) is 33.0 Å². The molecule has 6 aromatic rings. The minimum atomic E-state index is -2.54. The van der Waals surface area contributed by atoms with E-state index in [4.69, 9.17) is 14.2 Å². The first-order valence-corrected chi connectivity index (χ1v) is 24.1. The number of rotatable bonds is 13. The maximum Gasteiger partial charge on any atom is 0.269 e. The third-order valence-corrected chi connectivity index (χ3v) is 17.6. The van der Waals surface area contributed by atoms with E-state index in [9.17, 15) is 20.0 Å². The SMILES string of the molecule is COc1ccc([Si](C)(C)[C@@H]2[C@@H](CCn3cc(C(CO)c4ccccc4)nn3)O[C@]3(C(=O)N(Cc4ccc(N5C(=O)COc6ccccc65)cc4)c4ccc([N+](=O)[O-])cc43)[C@H]2C)cc1. The van der Waals surface area contributed by atoms with Gasteiger partial charge in [-0.1, -0.05) is 97.1 Å². The molecule has 2 amide bonds. The van der Waals surface area contributed by atoms with Gasteiger partial charge in [-0.2, -0.15) is 0 Å². The Hall–Kier alpha value is -6.68. The molecule has 4 heterocycles. The number of amides is 2. The molecule has 15 heteroatoms. The van der Waals surface area contributed by atoms with Gasteiger partial charge < -0.3 is 24.2 Å². The number of hydrogen-bond acceptors (Lipinski definition) is 10. The standard InChI is InChI=1S/C48H48N6O8Si/c1-31-46(63(3,4)37-21-19-36(60-2)20-22-37)44(24-25-51-28-40(49-50-51)38(29-55)33-10-6-5-7-11-33)62-48(31)39-26-35(54(58)59)18-23-41(39)52(47(48)57)27-32-14-16-34(17-15-32)53-42-12-8-9-13-43(42)61-30-45(53)56/h5-23,26,28,31,38,44,46,55H,24-25,27,29-30H2,1-4H3/t31-,38?,44+,46-,48+/m0/s1. The van der Waals surface area contributed by atoms with E-state index in [1.165, 1.54) is 12.1 Å². The summed E-state index contributed by atoms with van der Waals surface area (Å²) >= 11 is 0. The number of nitrogens with zero attached hydrogens (tertiary/aromatic N) is 6. The summed E-state index contributed by atoms with van der Waals surface area (Å²) in [5.41, 5.74) is 2.93. The molecule has 322 valence electrons. The highest BCUT2D eigenvalue weighted by molar-refractivity contribution is 6.91. The fourth-order valence-corrected chi connectivity index (χ4v) is 14.1. The van der Waals surface area contributed by atoms with Crippen LogP contribution in [-0.4, -0.2) is 71.3 Å². The Morgan fingerprint density at radius 2 is 1.68 bits per heavy atom. The summed E-state index contributed by atoms with van der Waals surface area (Å²) in [5, 5.41) is 32.7. The number of aromatic nitrogens is 3. The molecule has 0 saturated carbocycles. The number of fused-ring (bicyclic) bond motifs is 3. The zero-order valence-corrected chi connectivity index (χ0v) is 36.5. The van der Waals surface area contributed by atoms with Gasteiger partial charge in [-0.05, 0) is 65.6 Å². The highest BCUT2D eigenvalue weighted by atomic mass is 28.3. The van der Waals surface area contributed by atoms with Crippen molar-refractivity contribution in [3.8, 4) is 11.5 Å². The second-order valence-electron chi connectivity index (χ2n) is 17.0. The van der Waals surface area contributed by atoms with Crippen molar-refractivity contribution in [3.05, 3.63) is 160 Å². The van der Waals surface area contributed by atoms with Crippen molar-refractivity contribution in [2.45, 2.75) is 62.7 Å². The molecule has 0 radical (unpaired) electrons.